The van der Waals surface area contributed by atoms with Crippen LogP contribution < -0.4 is 15.0 Å². The maximum absolute atomic E-state index is 12.4. The van der Waals surface area contributed by atoms with Gasteiger partial charge in [0.25, 0.3) is 5.91 Å². The van der Waals surface area contributed by atoms with Gasteiger partial charge >= 0.3 is 0 Å². The monoisotopic (exact) mass is 365 g/mol. The number of benzene rings is 2. The molecule has 0 radical (unpaired) electrons. The lowest BCUT2D eigenvalue weighted by Gasteiger charge is -2.25. The molecule has 138 valence electrons. The predicted molar refractivity (Wildman–Crippen MR) is 100 cm³/mol. The van der Waals surface area contributed by atoms with Crippen molar-refractivity contribution in [2.75, 3.05) is 36.5 Å². The van der Waals surface area contributed by atoms with Crippen LogP contribution in [0.3, 0.4) is 0 Å². The Balaban J connectivity index is 1.37. The van der Waals surface area contributed by atoms with Gasteiger partial charge in [-0.05, 0) is 36.4 Å². The van der Waals surface area contributed by atoms with Gasteiger partial charge in [-0.2, -0.15) is 0 Å². The molecule has 1 saturated heterocycles. The van der Waals surface area contributed by atoms with Crippen LogP contribution in [0.25, 0.3) is 0 Å². The van der Waals surface area contributed by atoms with Crippen molar-refractivity contribution in [3.05, 3.63) is 66.4 Å². The van der Waals surface area contributed by atoms with Crippen molar-refractivity contribution in [1.82, 2.24) is 5.16 Å². The molecular weight excluding hydrogens is 346 g/mol. The number of morpholine rings is 1. The van der Waals surface area contributed by atoms with Crippen LogP contribution in [0.15, 0.2) is 65.2 Å². The minimum Gasteiger partial charge on any atom is -0.457 e. The third-order valence-electron chi connectivity index (χ3n) is 4.14. The van der Waals surface area contributed by atoms with Gasteiger partial charge in [0, 0.05) is 24.8 Å². The first-order chi connectivity index (χ1) is 13.3. The number of hydrogen-bond acceptors (Lipinski definition) is 6. The molecule has 1 aliphatic heterocycles. The van der Waals surface area contributed by atoms with Crippen LogP contribution in [0.1, 0.15) is 10.5 Å². The summed E-state index contributed by atoms with van der Waals surface area (Å²) in [6.45, 7) is 2.72. The smallest absolute Gasteiger partial charge is 0.277 e. The fourth-order valence-corrected chi connectivity index (χ4v) is 2.73. The van der Waals surface area contributed by atoms with Crippen molar-refractivity contribution in [2.24, 2.45) is 0 Å². The average Bonchev–Trinajstić information content (AvgIpc) is 3.21. The highest BCUT2D eigenvalue weighted by Gasteiger charge is 2.19. The zero-order chi connectivity index (χ0) is 18.5. The lowest BCUT2D eigenvalue weighted by Crippen LogP contribution is -2.35. The van der Waals surface area contributed by atoms with E-state index >= 15 is 0 Å². The Labute approximate surface area is 156 Å². The van der Waals surface area contributed by atoms with Crippen LogP contribution >= 0.6 is 0 Å². The Hall–Kier alpha value is -3.32. The van der Waals surface area contributed by atoms with Gasteiger partial charge in [-0.15, -0.1) is 0 Å². The number of hydrogen-bond donors (Lipinski definition) is 1. The van der Waals surface area contributed by atoms with E-state index in [9.17, 15) is 4.79 Å². The van der Waals surface area contributed by atoms with Gasteiger partial charge in [-0.25, -0.2) is 0 Å². The number of ether oxygens (including phenoxy) is 2. The maximum Gasteiger partial charge on any atom is 0.277 e. The normalized spacial score (nSPS) is 14.0. The molecule has 1 aromatic heterocycles. The number of amides is 1. The van der Waals surface area contributed by atoms with Crippen molar-refractivity contribution in [3.63, 3.8) is 0 Å². The van der Waals surface area contributed by atoms with Crippen molar-refractivity contribution >= 4 is 17.5 Å². The predicted octanol–water partition coefficient (Wildman–Crippen LogP) is 3.56. The first-order valence-electron chi connectivity index (χ1n) is 8.72. The Bertz CT molecular complexity index is 887. The number of carbonyl (C=O) groups is 1. The summed E-state index contributed by atoms with van der Waals surface area (Å²) in [5.74, 6) is 1.70. The highest BCUT2D eigenvalue weighted by molar-refractivity contribution is 6.03. The molecule has 2 heterocycles. The SMILES string of the molecule is O=C(Nc1ccc(Oc2ccccc2)cc1)c1cc(N2CCOCC2)on1. The second kappa shape index (κ2) is 7.92. The van der Waals surface area contributed by atoms with E-state index in [1.807, 2.05) is 35.2 Å². The molecular formula is C20H19N3O4. The molecule has 27 heavy (non-hydrogen) atoms. The quantitative estimate of drug-likeness (QED) is 0.745. The van der Waals surface area contributed by atoms with E-state index in [2.05, 4.69) is 10.5 Å². The van der Waals surface area contributed by atoms with Crippen molar-refractivity contribution in [1.29, 1.82) is 0 Å². The summed E-state index contributed by atoms with van der Waals surface area (Å²) in [4.78, 5) is 14.4. The van der Waals surface area contributed by atoms with E-state index in [-0.39, 0.29) is 11.6 Å². The molecule has 7 nitrogen and oxygen atoms in total. The topological polar surface area (TPSA) is 76.8 Å². The Kier molecular flexibility index (Phi) is 5.02. The Morgan fingerprint density at radius 3 is 2.44 bits per heavy atom. The van der Waals surface area contributed by atoms with E-state index in [0.29, 0.717) is 30.5 Å². The molecule has 0 aliphatic carbocycles. The highest BCUT2D eigenvalue weighted by Crippen LogP contribution is 2.23. The maximum atomic E-state index is 12.4. The molecule has 1 fully saturated rings. The first kappa shape index (κ1) is 17.1. The van der Waals surface area contributed by atoms with Crippen molar-refractivity contribution in [2.45, 2.75) is 0 Å². The lowest BCUT2D eigenvalue weighted by atomic mass is 10.3. The van der Waals surface area contributed by atoms with E-state index < -0.39 is 0 Å². The third-order valence-corrected chi connectivity index (χ3v) is 4.14. The highest BCUT2D eigenvalue weighted by atomic mass is 16.5. The van der Waals surface area contributed by atoms with Gasteiger partial charge in [0.1, 0.15) is 11.5 Å². The van der Waals surface area contributed by atoms with Crippen LogP contribution in [0.5, 0.6) is 11.5 Å². The standard InChI is InChI=1S/C20H19N3O4/c24-20(18-14-19(27-22-18)23-10-12-25-13-11-23)21-15-6-8-17(9-7-15)26-16-4-2-1-3-5-16/h1-9,14H,10-13H2,(H,21,24). The van der Waals surface area contributed by atoms with Gasteiger partial charge in [0.05, 0.1) is 13.2 Å². The molecule has 0 saturated carbocycles. The largest absolute Gasteiger partial charge is 0.457 e. The number of nitrogens with zero attached hydrogens (tertiary/aromatic N) is 2. The van der Waals surface area contributed by atoms with E-state index in [0.717, 1.165) is 18.8 Å². The van der Waals surface area contributed by atoms with E-state index in [1.54, 1.807) is 30.3 Å². The first-order valence-corrected chi connectivity index (χ1v) is 8.72. The molecule has 1 aliphatic rings. The van der Waals surface area contributed by atoms with Gasteiger partial charge in [0.15, 0.2) is 5.69 Å². The van der Waals surface area contributed by atoms with E-state index in [1.165, 1.54) is 0 Å². The molecule has 3 aromatic rings. The minimum absolute atomic E-state index is 0.237. The van der Waals surface area contributed by atoms with Crippen LogP contribution in [-0.4, -0.2) is 37.4 Å². The second-order valence-corrected chi connectivity index (χ2v) is 6.04. The van der Waals surface area contributed by atoms with Crippen LogP contribution in [0.2, 0.25) is 0 Å². The molecule has 1 N–H and O–H groups in total. The number of para-hydroxylation sites is 1. The molecule has 0 atom stereocenters. The zero-order valence-corrected chi connectivity index (χ0v) is 14.6. The molecule has 4 rings (SSSR count). The summed E-state index contributed by atoms with van der Waals surface area (Å²) >= 11 is 0. The third kappa shape index (κ3) is 4.27. The lowest BCUT2D eigenvalue weighted by molar-refractivity contribution is 0.101. The van der Waals surface area contributed by atoms with Gasteiger partial charge in [0.2, 0.25) is 5.88 Å². The number of carbonyl (C=O) groups excluding carboxylic acids is 1. The molecule has 1 amide bonds. The molecule has 7 heteroatoms. The Morgan fingerprint density at radius 2 is 1.70 bits per heavy atom. The molecule has 0 spiro atoms. The number of rotatable bonds is 5. The number of nitrogens with one attached hydrogen (secondary N) is 1. The summed E-state index contributed by atoms with van der Waals surface area (Å²) in [7, 11) is 0. The summed E-state index contributed by atoms with van der Waals surface area (Å²) in [6.07, 6.45) is 0. The van der Waals surface area contributed by atoms with Gasteiger partial charge < -0.3 is 24.2 Å². The van der Waals surface area contributed by atoms with Gasteiger partial charge in [-0.1, -0.05) is 23.4 Å². The molecule has 0 unspecified atom stereocenters. The van der Waals surface area contributed by atoms with E-state index in [4.69, 9.17) is 14.0 Å². The summed E-state index contributed by atoms with van der Waals surface area (Å²) in [5, 5.41) is 6.67. The fraction of sp³-hybridized carbons (Fsp3) is 0.200. The zero-order valence-electron chi connectivity index (χ0n) is 14.6. The minimum atomic E-state index is -0.324. The fourth-order valence-electron chi connectivity index (χ4n) is 2.73. The average molecular weight is 365 g/mol. The summed E-state index contributed by atoms with van der Waals surface area (Å²) in [6, 6.07) is 18.3. The summed E-state index contributed by atoms with van der Waals surface area (Å²) in [5.41, 5.74) is 0.887. The molecule has 0 bridgehead atoms. The Morgan fingerprint density at radius 1 is 1.00 bits per heavy atom. The van der Waals surface area contributed by atoms with Gasteiger partial charge in [-0.3, -0.25) is 4.79 Å². The summed E-state index contributed by atoms with van der Waals surface area (Å²) < 4.78 is 16.3. The van der Waals surface area contributed by atoms with Crippen LogP contribution in [0.4, 0.5) is 11.6 Å². The van der Waals surface area contributed by atoms with Crippen molar-refractivity contribution < 1.29 is 18.8 Å². The van der Waals surface area contributed by atoms with Crippen LogP contribution in [0, 0.1) is 0 Å². The number of anilines is 2. The van der Waals surface area contributed by atoms with Crippen molar-refractivity contribution in [3.8, 4) is 11.5 Å². The van der Waals surface area contributed by atoms with Crippen LogP contribution in [-0.2, 0) is 4.74 Å². The second-order valence-electron chi connectivity index (χ2n) is 6.04. The number of aromatic nitrogens is 1. The molecule has 2 aromatic carbocycles.